The second kappa shape index (κ2) is 4.06. The smallest absolute Gasteiger partial charge is 0.183 e. The number of nitrogens with one attached hydrogen (secondary N) is 1. The highest BCUT2D eigenvalue weighted by molar-refractivity contribution is 7.10. The zero-order valence-electron chi connectivity index (χ0n) is 9.30. The molecule has 1 aliphatic heterocycles. The highest BCUT2D eigenvalue weighted by Crippen LogP contribution is 2.29. The summed E-state index contributed by atoms with van der Waals surface area (Å²) in [5.41, 5.74) is 0.641. The first-order chi connectivity index (χ1) is 7.19. The maximum Gasteiger partial charge on any atom is 0.183 e. The zero-order valence-corrected chi connectivity index (χ0v) is 10.1. The molecule has 0 amide bonds. The summed E-state index contributed by atoms with van der Waals surface area (Å²) in [7, 11) is 0. The predicted octanol–water partition coefficient (Wildman–Crippen LogP) is 2.77. The van der Waals surface area contributed by atoms with Crippen LogP contribution in [0.2, 0.25) is 0 Å². The lowest BCUT2D eigenvalue weighted by atomic mass is 9.86. The number of hydrogen-bond donors (Lipinski definition) is 1. The molecule has 1 N–H and O–H groups in total. The number of hydrogen-bond acceptors (Lipinski definition) is 3. The van der Waals surface area contributed by atoms with Crippen molar-refractivity contribution in [2.45, 2.75) is 38.6 Å². The minimum atomic E-state index is -0.272. The van der Waals surface area contributed by atoms with E-state index in [-0.39, 0.29) is 5.54 Å². The van der Waals surface area contributed by atoms with E-state index in [9.17, 15) is 4.79 Å². The number of rotatable bonds is 3. The number of aryl methyl sites for hydroxylation is 1. The standard InChI is InChI=1S/C12H17NOS/c1-3-12(6-4-7-13-12)11(14)10-5-8-15-9(10)2/h5,8,13H,3-4,6-7H2,1-2H3. The summed E-state index contributed by atoms with van der Waals surface area (Å²) >= 11 is 1.65. The number of Topliss-reactive ketones (excluding diaryl/α,β-unsaturated/α-hetero) is 1. The molecule has 15 heavy (non-hydrogen) atoms. The Morgan fingerprint density at radius 3 is 2.93 bits per heavy atom. The molecule has 1 aromatic heterocycles. The molecule has 3 heteroatoms. The van der Waals surface area contributed by atoms with Crippen molar-refractivity contribution in [1.82, 2.24) is 5.32 Å². The van der Waals surface area contributed by atoms with E-state index in [1.54, 1.807) is 11.3 Å². The van der Waals surface area contributed by atoms with Gasteiger partial charge in [-0.25, -0.2) is 0 Å². The van der Waals surface area contributed by atoms with Gasteiger partial charge in [-0.2, -0.15) is 0 Å². The first-order valence-electron chi connectivity index (χ1n) is 5.53. The van der Waals surface area contributed by atoms with Crippen molar-refractivity contribution < 1.29 is 4.79 Å². The third kappa shape index (κ3) is 1.74. The summed E-state index contributed by atoms with van der Waals surface area (Å²) in [5, 5.41) is 5.39. The molecule has 1 unspecified atom stereocenters. The molecule has 0 bridgehead atoms. The van der Waals surface area contributed by atoms with Crippen molar-refractivity contribution in [3.8, 4) is 0 Å². The number of ketones is 1. The lowest BCUT2D eigenvalue weighted by Gasteiger charge is -2.26. The van der Waals surface area contributed by atoms with Crippen LogP contribution in [0, 0.1) is 6.92 Å². The molecule has 82 valence electrons. The average Bonchev–Trinajstić information content (AvgIpc) is 2.86. The Morgan fingerprint density at radius 1 is 1.67 bits per heavy atom. The van der Waals surface area contributed by atoms with Gasteiger partial charge in [-0.1, -0.05) is 6.92 Å². The Bertz CT molecular complexity index is 363. The van der Waals surface area contributed by atoms with Gasteiger partial charge in [-0.3, -0.25) is 4.79 Å². The van der Waals surface area contributed by atoms with Crippen molar-refractivity contribution in [2.75, 3.05) is 6.54 Å². The highest BCUT2D eigenvalue weighted by Gasteiger charge is 2.39. The van der Waals surface area contributed by atoms with Crippen LogP contribution in [0.4, 0.5) is 0 Å². The number of carbonyl (C=O) groups excluding carboxylic acids is 1. The Kier molecular flexibility index (Phi) is 2.94. The number of thiophene rings is 1. The fourth-order valence-electron chi connectivity index (χ4n) is 2.34. The Hall–Kier alpha value is -0.670. The quantitative estimate of drug-likeness (QED) is 0.798. The van der Waals surface area contributed by atoms with Gasteiger partial charge < -0.3 is 5.32 Å². The van der Waals surface area contributed by atoms with Gasteiger partial charge in [0.15, 0.2) is 5.78 Å². The molecule has 0 spiro atoms. The maximum absolute atomic E-state index is 12.4. The van der Waals surface area contributed by atoms with Gasteiger partial charge in [0, 0.05) is 10.4 Å². The van der Waals surface area contributed by atoms with Crippen LogP contribution in [0.3, 0.4) is 0 Å². The lowest BCUT2D eigenvalue weighted by Crippen LogP contribution is -2.47. The van der Waals surface area contributed by atoms with Crippen LogP contribution >= 0.6 is 11.3 Å². The molecule has 0 saturated carbocycles. The Morgan fingerprint density at radius 2 is 2.47 bits per heavy atom. The van der Waals surface area contributed by atoms with Crippen LogP contribution in [0.1, 0.15) is 41.4 Å². The molecule has 2 nitrogen and oxygen atoms in total. The third-order valence-electron chi connectivity index (χ3n) is 3.39. The second-order valence-corrected chi connectivity index (χ2v) is 5.31. The van der Waals surface area contributed by atoms with Crippen LogP contribution in [0.5, 0.6) is 0 Å². The minimum absolute atomic E-state index is 0.272. The van der Waals surface area contributed by atoms with Crippen LogP contribution in [0.15, 0.2) is 11.4 Å². The fourth-order valence-corrected chi connectivity index (χ4v) is 3.04. The van der Waals surface area contributed by atoms with Crippen molar-refractivity contribution >= 4 is 17.1 Å². The van der Waals surface area contributed by atoms with Gasteiger partial charge in [0.1, 0.15) is 0 Å². The highest BCUT2D eigenvalue weighted by atomic mass is 32.1. The molecule has 0 aliphatic carbocycles. The van der Waals surface area contributed by atoms with Gasteiger partial charge in [-0.05, 0) is 44.2 Å². The molecule has 0 aromatic carbocycles. The van der Waals surface area contributed by atoms with Crippen molar-refractivity contribution in [3.63, 3.8) is 0 Å². The maximum atomic E-state index is 12.4. The van der Waals surface area contributed by atoms with E-state index < -0.39 is 0 Å². The minimum Gasteiger partial charge on any atom is -0.305 e. The first kappa shape index (κ1) is 10.8. The van der Waals surface area contributed by atoms with E-state index >= 15 is 0 Å². The summed E-state index contributed by atoms with van der Waals surface area (Å²) in [5.74, 6) is 0.293. The van der Waals surface area contributed by atoms with E-state index in [0.29, 0.717) is 5.78 Å². The van der Waals surface area contributed by atoms with Crippen LogP contribution in [-0.4, -0.2) is 17.9 Å². The van der Waals surface area contributed by atoms with E-state index in [4.69, 9.17) is 0 Å². The van der Waals surface area contributed by atoms with E-state index in [2.05, 4.69) is 12.2 Å². The molecular weight excluding hydrogens is 206 g/mol. The Balaban J connectivity index is 2.30. The SMILES string of the molecule is CCC1(C(=O)c2ccsc2C)CCCN1. The Labute approximate surface area is 94.7 Å². The molecule has 1 saturated heterocycles. The van der Waals surface area contributed by atoms with Crippen molar-refractivity contribution in [1.29, 1.82) is 0 Å². The molecular formula is C12H17NOS. The van der Waals surface area contributed by atoms with Crippen molar-refractivity contribution in [2.24, 2.45) is 0 Å². The van der Waals surface area contributed by atoms with Crippen molar-refractivity contribution in [3.05, 3.63) is 21.9 Å². The predicted molar refractivity (Wildman–Crippen MR) is 63.6 cm³/mol. The molecule has 1 fully saturated rings. The van der Waals surface area contributed by atoms with Gasteiger partial charge in [-0.15, -0.1) is 11.3 Å². The summed E-state index contributed by atoms with van der Waals surface area (Å²) in [6.07, 6.45) is 2.99. The molecule has 1 atom stereocenters. The topological polar surface area (TPSA) is 29.1 Å². The van der Waals surface area contributed by atoms with E-state index in [0.717, 1.165) is 36.2 Å². The van der Waals surface area contributed by atoms with Gasteiger partial charge >= 0.3 is 0 Å². The monoisotopic (exact) mass is 223 g/mol. The molecule has 1 aliphatic rings. The normalized spacial score (nSPS) is 25.7. The molecule has 1 aromatic rings. The summed E-state index contributed by atoms with van der Waals surface area (Å²) < 4.78 is 0. The number of carbonyl (C=O) groups is 1. The fraction of sp³-hybridized carbons (Fsp3) is 0.583. The zero-order chi connectivity index (χ0) is 10.9. The first-order valence-corrected chi connectivity index (χ1v) is 6.41. The largest absolute Gasteiger partial charge is 0.305 e. The van der Waals surface area contributed by atoms with Crippen LogP contribution in [-0.2, 0) is 0 Å². The van der Waals surface area contributed by atoms with E-state index in [1.165, 1.54) is 0 Å². The van der Waals surface area contributed by atoms with Gasteiger partial charge in [0.25, 0.3) is 0 Å². The summed E-state index contributed by atoms with van der Waals surface area (Å²) in [6, 6.07) is 1.96. The second-order valence-electron chi connectivity index (χ2n) is 4.19. The summed E-state index contributed by atoms with van der Waals surface area (Å²) in [6.45, 7) is 5.09. The van der Waals surface area contributed by atoms with Gasteiger partial charge in [0.05, 0.1) is 5.54 Å². The molecule has 2 heterocycles. The lowest BCUT2D eigenvalue weighted by molar-refractivity contribution is 0.0864. The third-order valence-corrected chi connectivity index (χ3v) is 4.23. The van der Waals surface area contributed by atoms with Crippen LogP contribution in [0.25, 0.3) is 0 Å². The average molecular weight is 223 g/mol. The molecule has 2 rings (SSSR count). The van der Waals surface area contributed by atoms with Crippen LogP contribution < -0.4 is 5.32 Å². The summed E-state index contributed by atoms with van der Waals surface area (Å²) in [4.78, 5) is 13.6. The van der Waals surface area contributed by atoms with Gasteiger partial charge in [0.2, 0.25) is 0 Å². The van der Waals surface area contributed by atoms with E-state index in [1.807, 2.05) is 18.4 Å². The molecule has 0 radical (unpaired) electrons.